The number of thioether (sulfide) groups is 1. The molecule has 2 aromatic rings. The Kier molecular flexibility index (Phi) is 5.17. The van der Waals surface area contributed by atoms with Crippen molar-refractivity contribution in [3.8, 4) is 0 Å². The van der Waals surface area contributed by atoms with E-state index in [0.29, 0.717) is 15.1 Å². The number of nitro groups is 1. The zero-order valence-corrected chi connectivity index (χ0v) is 12.8. The molecule has 2 aromatic carbocycles. The molecule has 0 saturated carbocycles. The van der Waals surface area contributed by atoms with E-state index in [9.17, 15) is 15.2 Å². The summed E-state index contributed by atoms with van der Waals surface area (Å²) in [5.74, 6) is 0.368. The van der Waals surface area contributed by atoms with Gasteiger partial charge in [0.25, 0.3) is 5.69 Å². The van der Waals surface area contributed by atoms with Crippen LogP contribution in [-0.2, 0) is 0 Å². The highest BCUT2D eigenvalue weighted by molar-refractivity contribution is 9.10. The molecule has 0 fully saturated rings. The van der Waals surface area contributed by atoms with Crippen molar-refractivity contribution < 1.29 is 10.0 Å². The number of benzene rings is 2. The Morgan fingerprint density at radius 3 is 2.60 bits per heavy atom. The van der Waals surface area contributed by atoms with Crippen LogP contribution in [-0.4, -0.2) is 15.8 Å². The van der Waals surface area contributed by atoms with Crippen molar-refractivity contribution in [2.24, 2.45) is 0 Å². The van der Waals surface area contributed by atoms with E-state index in [1.807, 2.05) is 30.3 Å². The lowest BCUT2D eigenvalue weighted by Gasteiger charge is -2.10. The summed E-state index contributed by atoms with van der Waals surface area (Å²) in [5, 5.41) is 21.1. The highest BCUT2D eigenvalue weighted by Gasteiger charge is 2.16. The Balaban J connectivity index is 2.09. The quantitative estimate of drug-likeness (QED) is 0.497. The van der Waals surface area contributed by atoms with E-state index in [1.54, 1.807) is 12.1 Å². The van der Waals surface area contributed by atoms with E-state index in [4.69, 9.17) is 0 Å². The van der Waals surface area contributed by atoms with Gasteiger partial charge in [0.1, 0.15) is 0 Å². The Morgan fingerprint density at radius 1 is 1.25 bits per heavy atom. The number of aliphatic hydroxyl groups excluding tert-OH is 1. The van der Waals surface area contributed by atoms with Gasteiger partial charge >= 0.3 is 0 Å². The normalized spacial score (nSPS) is 12.1. The predicted octanol–water partition coefficient (Wildman–Crippen LogP) is 4.18. The number of aliphatic hydroxyl groups is 1. The molecule has 2 rings (SSSR count). The van der Waals surface area contributed by atoms with Gasteiger partial charge in [0.05, 0.1) is 15.9 Å². The van der Waals surface area contributed by atoms with Gasteiger partial charge in [0, 0.05) is 16.3 Å². The molecule has 1 N–H and O–H groups in total. The average Bonchev–Trinajstić information content (AvgIpc) is 2.46. The van der Waals surface area contributed by atoms with E-state index in [0.717, 1.165) is 5.56 Å². The number of hydrogen-bond acceptors (Lipinski definition) is 4. The van der Waals surface area contributed by atoms with E-state index in [2.05, 4.69) is 15.9 Å². The lowest BCUT2D eigenvalue weighted by molar-refractivity contribution is -0.387. The highest BCUT2D eigenvalue weighted by atomic mass is 79.9. The number of hydrogen-bond donors (Lipinski definition) is 1. The molecule has 4 nitrogen and oxygen atoms in total. The van der Waals surface area contributed by atoms with Crippen LogP contribution in [0.2, 0.25) is 0 Å². The van der Waals surface area contributed by atoms with Crippen LogP contribution in [0.4, 0.5) is 5.69 Å². The monoisotopic (exact) mass is 353 g/mol. The first-order chi connectivity index (χ1) is 9.58. The van der Waals surface area contributed by atoms with Gasteiger partial charge < -0.3 is 5.11 Å². The molecule has 0 bridgehead atoms. The molecule has 1 unspecified atom stereocenters. The summed E-state index contributed by atoms with van der Waals surface area (Å²) < 4.78 is 0.664. The average molecular weight is 354 g/mol. The molecular weight excluding hydrogens is 342 g/mol. The first kappa shape index (κ1) is 15.0. The van der Waals surface area contributed by atoms with Crippen LogP contribution >= 0.6 is 27.7 Å². The Morgan fingerprint density at radius 2 is 1.95 bits per heavy atom. The Labute approximate surface area is 129 Å². The molecule has 0 aliphatic carbocycles. The van der Waals surface area contributed by atoms with E-state index < -0.39 is 11.0 Å². The van der Waals surface area contributed by atoms with Crippen LogP contribution in [0, 0.1) is 10.1 Å². The first-order valence-electron chi connectivity index (χ1n) is 5.87. The van der Waals surface area contributed by atoms with Crippen LogP contribution in [0.25, 0.3) is 0 Å². The summed E-state index contributed by atoms with van der Waals surface area (Å²) in [4.78, 5) is 11.1. The number of nitrogens with zero attached hydrogens (tertiary/aromatic N) is 1. The van der Waals surface area contributed by atoms with Crippen molar-refractivity contribution in [1.29, 1.82) is 0 Å². The minimum atomic E-state index is -0.649. The maximum atomic E-state index is 11.0. The summed E-state index contributed by atoms with van der Waals surface area (Å²) in [5.41, 5.74) is 0.851. The van der Waals surface area contributed by atoms with Crippen LogP contribution < -0.4 is 0 Å². The van der Waals surface area contributed by atoms with E-state index >= 15 is 0 Å². The fourth-order valence-electron chi connectivity index (χ4n) is 1.70. The van der Waals surface area contributed by atoms with Crippen LogP contribution in [0.3, 0.4) is 0 Å². The Hall–Kier alpha value is -1.37. The summed E-state index contributed by atoms with van der Waals surface area (Å²) >= 11 is 4.49. The maximum Gasteiger partial charge on any atom is 0.284 e. The second-order valence-corrected chi connectivity index (χ2v) is 6.08. The summed E-state index contributed by atoms with van der Waals surface area (Å²) in [6.45, 7) is 0. The van der Waals surface area contributed by atoms with Crippen molar-refractivity contribution in [3.05, 3.63) is 68.7 Å². The molecule has 0 aliphatic heterocycles. The molecule has 1 atom stereocenters. The topological polar surface area (TPSA) is 63.4 Å². The number of nitro benzene ring substituents is 1. The zero-order valence-electron chi connectivity index (χ0n) is 10.4. The van der Waals surface area contributed by atoms with Crippen molar-refractivity contribution in [3.63, 3.8) is 0 Å². The van der Waals surface area contributed by atoms with Crippen LogP contribution in [0.15, 0.2) is 57.9 Å². The summed E-state index contributed by atoms with van der Waals surface area (Å²) in [6, 6.07) is 14.2. The lowest BCUT2D eigenvalue weighted by Crippen LogP contribution is -2.00. The standard InChI is InChI=1S/C14H12BrNO3S/c15-11-6-7-14(12(8-11)16(18)19)20-9-13(17)10-4-2-1-3-5-10/h1-8,13,17H,9H2. The molecule has 0 radical (unpaired) electrons. The van der Waals surface area contributed by atoms with Gasteiger partial charge in [0.2, 0.25) is 0 Å². The number of rotatable bonds is 5. The second kappa shape index (κ2) is 6.88. The summed E-state index contributed by atoms with van der Waals surface area (Å²) in [7, 11) is 0. The van der Waals surface area contributed by atoms with Crippen molar-refractivity contribution in [2.75, 3.05) is 5.75 Å². The van der Waals surface area contributed by atoms with Gasteiger partial charge in [-0.05, 0) is 17.7 Å². The summed E-state index contributed by atoms with van der Waals surface area (Å²) in [6.07, 6.45) is -0.649. The molecule has 6 heteroatoms. The second-order valence-electron chi connectivity index (χ2n) is 4.11. The van der Waals surface area contributed by atoms with Gasteiger partial charge in [-0.2, -0.15) is 0 Å². The van der Waals surface area contributed by atoms with Crippen molar-refractivity contribution >= 4 is 33.4 Å². The molecule has 0 aliphatic rings. The Bertz CT molecular complexity index is 607. The van der Waals surface area contributed by atoms with E-state index in [1.165, 1.54) is 17.8 Å². The van der Waals surface area contributed by atoms with E-state index in [-0.39, 0.29) is 5.69 Å². The molecule has 104 valence electrons. The fraction of sp³-hybridized carbons (Fsp3) is 0.143. The number of halogens is 1. The van der Waals surface area contributed by atoms with Gasteiger partial charge in [-0.3, -0.25) is 10.1 Å². The molecule has 0 heterocycles. The van der Waals surface area contributed by atoms with Crippen LogP contribution in [0.5, 0.6) is 0 Å². The van der Waals surface area contributed by atoms with Gasteiger partial charge in [-0.25, -0.2) is 0 Å². The highest BCUT2D eigenvalue weighted by Crippen LogP contribution is 2.33. The lowest BCUT2D eigenvalue weighted by atomic mass is 10.1. The molecule has 20 heavy (non-hydrogen) atoms. The molecule has 0 saturated heterocycles. The largest absolute Gasteiger partial charge is 0.388 e. The van der Waals surface area contributed by atoms with Crippen molar-refractivity contribution in [2.45, 2.75) is 11.0 Å². The van der Waals surface area contributed by atoms with Gasteiger partial charge in [-0.1, -0.05) is 46.3 Å². The fourth-order valence-corrected chi connectivity index (χ4v) is 3.02. The zero-order chi connectivity index (χ0) is 14.5. The smallest absolute Gasteiger partial charge is 0.284 e. The predicted molar refractivity (Wildman–Crippen MR) is 82.9 cm³/mol. The minimum Gasteiger partial charge on any atom is -0.388 e. The first-order valence-corrected chi connectivity index (χ1v) is 7.65. The third-order valence-electron chi connectivity index (χ3n) is 2.70. The third-order valence-corrected chi connectivity index (χ3v) is 4.33. The SMILES string of the molecule is O=[N+]([O-])c1cc(Br)ccc1SCC(O)c1ccccc1. The molecule has 0 spiro atoms. The van der Waals surface area contributed by atoms with Gasteiger partial charge in [0.15, 0.2) is 0 Å². The molecular formula is C14H12BrNO3S. The molecule has 0 aromatic heterocycles. The minimum absolute atomic E-state index is 0.0460. The third kappa shape index (κ3) is 3.82. The van der Waals surface area contributed by atoms with Crippen molar-refractivity contribution in [1.82, 2.24) is 0 Å². The van der Waals surface area contributed by atoms with Gasteiger partial charge in [-0.15, -0.1) is 11.8 Å². The maximum absolute atomic E-state index is 11.0. The van der Waals surface area contributed by atoms with Crippen LogP contribution in [0.1, 0.15) is 11.7 Å². The molecule has 0 amide bonds.